The standard InChI is InChI=1S/C18H22N4O3/c1-2-22-8-9-25-15(17(22)13-6-4-3-5-7-13)11-21-16-12-19-14(10-20-16)18(23)24/h3-7,10,12,15,17H,2,8-9,11H2,1H3,(H,20,21)(H,23,24)/t15-,17-/m0/s1. The summed E-state index contributed by atoms with van der Waals surface area (Å²) in [6.07, 6.45) is 2.65. The van der Waals surface area contributed by atoms with Crippen molar-refractivity contribution in [1.29, 1.82) is 0 Å². The van der Waals surface area contributed by atoms with E-state index in [1.165, 1.54) is 18.0 Å². The Balaban J connectivity index is 1.71. The molecule has 1 aromatic heterocycles. The number of ether oxygens (including phenoxy) is 1. The van der Waals surface area contributed by atoms with Crippen LogP contribution in [0.5, 0.6) is 0 Å². The second kappa shape index (κ2) is 8.04. The minimum absolute atomic E-state index is 0.0305. The van der Waals surface area contributed by atoms with E-state index in [1.807, 2.05) is 18.2 Å². The van der Waals surface area contributed by atoms with Crippen molar-refractivity contribution in [2.75, 3.05) is 31.6 Å². The summed E-state index contributed by atoms with van der Waals surface area (Å²) in [5, 5.41) is 12.1. The smallest absolute Gasteiger partial charge is 0.356 e. The molecule has 1 aliphatic rings. The van der Waals surface area contributed by atoms with E-state index in [4.69, 9.17) is 9.84 Å². The highest BCUT2D eigenvalue weighted by Gasteiger charge is 2.32. The van der Waals surface area contributed by atoms with Crippen LogP contribution in [0.1, 0.15) is 29.0 Å². The van der Waals surface area contributed by atoms with Crippen molar-refractivity contribution in [2.24, 2.45) is 0 Å². The van der Waals surface area contributed by atoms with Crippen molar-refractivity contribution in [3.05, 3.63) is 54.0 Å². The Hall–Kier alpha value is -2.51. The van der Waals surface area contributed by atoms with Gasteiger partial charge in [-0.2, -0.15) is 0 Å². The molecule has 0 amide bonds. The Morgan fingerprint density at radius 2 is 2.12 bits per heavy atom. The van der Waals surface area contributed by atoms with Crippen LogP contribution < -0.4 is 5.32 Å². The maximum absolute atomic E-state index is 10.8. The number of hydrogen-bond donors (Lipinski definition) is 2. The van der Waals surface area contributed by atoms with Gasteiger partial charge in [0, 0.05) is 13.1 Å². The summed E-state index contributed by atoms with van der Waals surface area (Å²) in [7, 11) is 0. The molecule has 132 valence electrons. The number of rotatable bonds is 6. The van der Waals surface area contributed by atoms with E-state index < -0.39 is 5.97 Å². The maximum Gasteiger partial charge on any atom is 0.356 e. The van der Waals surface area contributed by atoms with Crippen molar-refractivity contribution in [1.82, 2.24) is 14.9 Å². The Labute approximate surface area is 146 Å². The second-order valence-corrected chi connectivity index (χ2v) is 5.87. The monoisotopic (exact) mass is 342 g/mol. The number of anilines is 1. The van der Waals surface area contributed by atoms with Crippen molar-refractivity contribution in [2.45, 2.75) is 19.1 Å². The minimum Gasteiger partial charge on any atom is -0.476 e. The van der Waals surface area contributed by atoms with Gasteiger partial charge in [-0.1, -0.05) is 37.3 Å². The number of carboxylic acids is 1. The van der Waals surface area contributed by atoms with Crippen molar-refractivity contribution >= 4 is 11.8 Å². The third-order valence-electron chi connectivity index (χ3n) is 4.36. The lowest BCUT2D eigenvalue weighted by molar-refractivity contribution is -0.0639. The Morgan fingerprint density at radius 1 is 1.32 bits per heavy atom. The van der Waals surface area contributed by atoms with Crippen molar-refractivity contribution in [3.8, 4) is 0 Å². The topological polar surface area (TPSA) is 87.6 Å². The number of carboxylic acid groups (broad SMARTS) is 1. The highest BCUT2D eigenvalue weighted by atomic mass is 16.5. The summed E-state index contributed by atoms with van der Waals surface area (Å²) in [4.78, 5) is 21.2. The van der Waals surface area contributed by atoms with E-state index in [0.29, 0.717) is 19.0 Å². The Bertz CT molecular complexity index is 693. The van der Waals surface area contributed by atoms with Gasteiger partial charge in [-0.05, 0) is 12.1 Å². The van der Waals surface area contributed by atoms with E-state index in [2.05, 4.69) is 39.2 Å². The first kappa shape index (κ1) is 17.3. The van der Waals surface area contributed by atoms with Crippen LogP contribution in [0.4, 0.5) is 5.82 Å². The van der Waals surface area contributed by atoms with Crippen molar-refractivity contribution < 1.29 is 14.6 Å². The van der Waals surface area contributed by atoms with Crippen LogP contribution in [-0.4, -0.2) is 58.3 Å². The molecule has 7 heteroatoms. The number of aromatic carboxylic acids is 1. The molecule has 0 unspecified atom stereocenters. The number of hydrogen-bond acceptors (Lipinski definition) is 6. The van der Waals surface area contributed by atoms with E-state index in [1.54, 1.807) is 0 Å². The molecule has 2 atom stereocenters. The molecule has 0 saturated carbocycles. The van der Waals surface area contributed by atoms with Gasteiger partial charge in [0.25, 0.3) is 0 Å². The first-order valence-corrected chi connectivity index (χ1v) is 8.39. The quantitative estimate of drug-likeness (QED) is 0.830. The predicted octanol–water partition coefficient (Wildman–Crippen LogP) is 2.05. The van der Waals surface area contributed by atoms with Gasteiger partial charge < -0.3 is 15.2 Å². The summed E-state index contributed by atoms with van der Waals surface area (Å²) in [5.41, 5.74) is 1.15. The SMILES string of the molecule is CCN1CCO[C@@H](CNc2cnc(C(=O)O)cn2)[C@@H]1c1ccccc1. The molecule has 0 spiro atoms. The molecule has 25 heavy (non-hydrogen) atoms. The summed E-state index contributed by atoms with van der Waals surface area (Å²) < 4.78 is 6.01. The van der Waals surface area contributed by atoms with Crippen LogP contribution in [0.15, 0.2) is 42.7 Å². The highest BCUT2D eigenvalue weighted by Crippen LogP contribution is 2.29. The summed E-state index contributed by atoms with van der Waals surface area (Å²) in [6, 6.07) is 10.5. The molecule has 2 N–H and O–H groups in total. The maximum atomic E-state index is 10.8. The first-order chi connectivity index (χ1) is 12.2. The van der Waals surface area contributed by atoms with Gasteiger partial charge in [0.05, 0.1) is 31.1 Å². The molecule has 0 bridgehead atoms. The van der Waals surface area contributed by atoms with Crippen LogP contribution in [0, 0.1) is 0 Å². The number of nitrogens with zero attached hydrogens (tertiary/aromatic N) is 3. The van der Waals surface area contributed by atoms with Gasteiger partial charge in [-0.25, -0.2) is 14.8 Å². The van der Waals surface area contributed by atoms with E-state index in [9.17, 15) is 4.79 Å². The lowest BCUT2D eigenvalue weighted by atomic mass is 9.98. The largest absolute Gasteiger partial charge is 0.476 e. The third-order valence-corrected chi connectivity index (χ3v) is 4.36. The number of morpholine rings is 1. The highest BCUT2D eigenvalue weighted by molar-refractivity contribution is 5.84. The molecule has 2 aromatic rings. The Kier molecular flexibility index (Phi) is 5.57. The van der Waals surface area contributed by atoms with Gasteiger partial charge in [0.1, 0.15) is 5.82 Å². The minimum atomic E-state index is -1.09. The fourth-order valence-corrected chi connectivity index (χ4v) is 3.12. The molecule has 7 nitrogen and oxygen atoms in total. The molecule has 0 aliphatic carbocycles. The van der Waals surface area contributed by atoms with E-state index in [0.717, 1.165) is 13.1 Å². The molecular weight excluding hydrogens is 320 g/mol. The number of carbonyl (C=O) groups is 1. The lowest BCUT2D eigenvalue weighted by Gasteiger charge is -2.41. The normalized spacial score (nSPS) is 21.0. The zero-order valence-electron chi connectivity index (χ0n) is 14.1. The zero-order valence-corrected chi connectivity index (χ0v) is 14.1. The number of nitrogens with one attached hydrogen (secondary N) is 1. The fourth-order valence-electron chi connectivity index (χ4n) is 3.12. The number of aromatic nitrogens is 2. The zero-order chi connectivity index (χ0) is 17.6. The fraction of sp³-hybridized carbons (Fsp3) is 0.389. The van der Waals surface area contributed by atoms with Crippen molar-refractivity contribution in [3.63, 3.8) is 0 Å². The molecule has 3 rings (SSSR count). The molecular formula is C18H22N4O3. The predicted molar refractivity (Wildman–Crippen MR) is 93.7 cm³/mol. The van der Waals surface area contributed by atoms with Gasteiger partial charge in [0.15, 0.2) is 5.69 Å². The average Bonchev–Trinajstić information content (AvgIpc) is 2.67. The number of likely N-dealkylation sites (N-methyl/N-ethyl adjacent to an activating group) is 1. The number of benzene rings is 1. The van der Waals surface area contributed by atoms with E-state index in [-0.39, 0.29) is 17.8 Å². The van der Waals surface area contributed by atoms with Crippen LogP contribution in [0.2, 0.25) is 0 Å². The second-order valence-electron chi connectivity index (χ2n) is 5.87. The molecule has 0 radical (unpaired) electrons. The lowest BCUT2D eigenvalue weighted by Crippen LogP contribution is -2.47. The summed E-state index contributed by atoms with van der Waals surface area (Å²) >= 11 is 0. The molecule has 1 fully saturated rings. The first-order valence-electron chi connectivity index (χ1n) is 8.39. The van der Waals surface area contributed by atoms with Crippen LogP contribution in [-0.2, 0) is 4.74 Å². The summed E-state index contributed by atoms with van der Waals surface area (Å²) in [5.74, 6) is -0.550. The third kappa shape index (κ3) is 4.12. The average molecular weight is 342 g/mol. The van der Waals surface area contributed by atoms with Gasteiger partial charge in [-0.3, -0.25) is 4.90 Å². The van der Waals surface area contributed by atoms with Crippen LogP contribution in [0.25, 0.3) is 0 Å². The molecule has 1 aromatic carbocycles. The molecule has 2 heterocycles. The molecule has 1 saturated heterocycles. The molecule has 1 aliphatic heterocycles. The van der Waals surface area contributed by atoms with Crippen LogP contribution in [0.3, 0.4) is 0 Å². The van der Waals surface area contributed by atoms with Gasteiger partial charge >= 0.3 is 5.97 Å². The Morgan fingerprint density at radius 3 is 2.76 bits per heavy atom. The van der Waals surface area contributed by atoms with Gasteiger partial charge in [0.2, 0.25) is 0 Å². The van der Waals surface area contributed by atoms with E-state index >= 15 is 0 Å². The van der Waals surface area contributed by atoms with Gasteiger partial charge in [-0.15, -0.1) is 0 Å². The van der Waals surface area contributed by atoms with Crippen LogP contribution >= 0.6 is 0 Å². The summed E-state index contributed by atoms with van der Waals surface area (Å²) in [6.45, 7) is 5.26.